The Morgan fingerprint density at radius 1 is 1.08 bits per heavy atom. The number of ether oxygens (including phenoxy) is 2. The third-order valence-electron chi connectivity index (χ3n) is 3.34. The van der Waals surface area contributed by atoms with Crippen LogP contribution >= 0.6 is 0 Å². The van der Waals surface area contributed by atoms with Crippen LogP contribution in [0.4, 0.5) is 0 Å². The molecule has 3 rings (SSSR count). The van der Waals surface area contributed by atoms with Crippen molar-refractivity contribution in [3.63, 3.8) is 0 Å². The molecule has 130 valence electrons. The third kappa shape index (κ3) is 4.67. The van der Waals surface area contributed by atoms with Crippen LogP contribution < -0.4 is 9.47 Å². The predicted molar refractivity (Wildman–Crippen MR) is 96.5 cm³/mol. The molecule has 0 aliphatic carbocycles. The molecular weight excluding hydrogens is 332 g/mol. The summed E-state index contributed by atoms with van der Waals surface area (Å²) in [6, 6.07) is 14.1. The molecule has 6 nitrogen and oxygen atoms in total. The highest BCUT2D eigenvalue weighted by Gasteiger charge is 2.05. The van der Waals surface area contributed by atoms with E-state index in [9.17, 15) is 4.79 Å². The van der Waals surface area contributed by atoms with E-state index in [1.165, 1.54) is 12.5 Å². The minimum atomic E-state index is -0.470. The highest BCUT2D eigenvalue weighted by molar-refractivity contribution is 5.88. The number of hydrogen-bond acceptors (Lipinski definition) is 6. The minimum absolute atomic E-state index is 0.406. The van der Waals surface area contributed by atoms with Crippen LogP contribution in [0.25, 0.3) is 17.5 Å². The molecule has 0 saturated carbocycles. The predicted octanol–water partition coefficient (Wildman–Crippen LogP) is 3.92. The Bertz CT molecular complexity index is 883. The van der Waals surface area contributed by atoms with Crippen LogP contribution in [0.5, 0.6) is 11.5 Å². The van der Waals surface area contributed by atoms with Crippen LogP contribution in [-0.2, 0) is 4.79 Å². The fourth-order valence-corrected chi connectivity index (χ4v) is 2.11. The minimum Gasteiger partial charge on any atom is -0.490 e. The first-order valence-electron chi connectivity index (χ1n) is 7.85. The van der Waals surface area contributed by atoms with Gasteiger partial charge in [0.15, 0.2) is 0 Å². The smallest absolute Gasteiger partial charge is 0.336 e. The molecule has 26 heavy (non-hydrogen) atoms. The van der Waals surface area contributed by atoms with Gasteiger partial charge in [0, 0.05) is 11.6 Å². The topological polar surface area (TPSA) is 74.5 Å². The highest BCUT2D eigenvalue weighted by Crippen LogP contribution is 2.20. The molecule has 0 unspecified atom stereocenters. The second kappa shape index (κ2) is 8.43. The summed E-state index contributed by atoms with van der Waals surface area (Å²) in [6.45, 7) is 4.05. The lowest BCUT2D eigenvalue weighted by Gasteiger charge is -2.03. The molecule has 0 atom stereocenters. The zero-order valence-electron chi connectivity index (χ0n) is 13.9. The first kappa shape index (κ1) is 17.2. The average Bonchev–Trinajstić information content (AvgIpc) is 3.21. The molecule has 0 saturated heterocycles. The molecule has 1 heterocycles. The summed E-state index contributed by atoms with van der Waals surface area (Å²) >= 11 is 0. The summed E-state index contributed by atoms with van der Waals surface area (Å²) in [5, 5.41) is 7.43. The molecule has 0 aliphatic rings. The molecule has 0 N–H and O–H groups in total. The van der Waals surface area contributed by atoms with E-state index in [-0.39, 0.29) is 0 Å². The molecular formula is C20H16N2O4. The van der Waals surface area contributed by atoms with Crippen molar-refractivity contribution in [3.8, 4) is 23.0 Å². The summed E-state index contributed by atoms with van der Waals surface area (Å²) in [5.74, 6) is 1.10. The maximum atomic E-state index is 11.9. The first-order valence-corrected chi connectivity index (χ1v) is 7.85. The van der Waals surface area contributed by atoms with Crippen molar-refractivity contribution in [1.29, 1.82) is 0 Å². The molecule has 2 aromatic carbocycles. The van der Waals surface area contributed by atoms with Gasteiger partial charge in [0.1, 0.15) is 18.1 Å². The molecule has 6 heteroatoms. The van der Waals surface area contributed by atoms with Gasteiger partial charge in [-0.3, -0.25) is 0 Å². The largest absolute Gasteiger partial charge is 0.490 e. The van der Waals surface area contributed by atoms with Gasteiger partial charge < -0.3 is 13.9 Å². The van der Waals surface area contributed by atoms with Gasteiger partial charge in [0.2, 0.25) is 12.3 Å². The summed E-state index contributed by atoms with van der Waals surface area (Å²) in [7, 11) is 0. The molecule has 0 amide bonds. The van der Waals surface area contributed by atoms with Crippen LogP contribution in [0.15, 0.2) is 78.1 Å². The van der Waals surface area contributed by atoms with Crippen molar-refractivity contribution in [3.05, 3.63) is 79.2 Å². The third-order valence-corrected chi connectivity index (χ3v) is 3.34. The van der Waals surface area contributed by atoms with Crippen molar-refractivity contribution in [2.45, 2.75) is 0 Å². The van der Waals surface area contributed by atoms with Gasteiger partial charge in [0.25, 0.3) is 0 Å². The lowest BCUT2D eigenvalue weighted by molar-refractivity contribution is -0.128. The van der Waals surface area contributed by atoms with E-state index in [1.54, 1.807) is 36.4 Å². The second-order valence-electron chi connectivity index (χ2n) is 5.19. The number of nitrogens with zero attached hydrogens (tertiary/aromatic N) is 2. The van der Waals surface area contributed by atoms with Crippen LogP contribution in [0.3, 0.4) is 0 Å². The van der Waals surface area contributed by atoms with Crippen molar-refractivity contribution in [1.82, 2.24) is 10.2 Å². The highest BCUT2D eigenvalue weighted by atomic mass is 16.5. The number of carbonyl (C=O) groups excluding carboxylic acids is 1. The van der Waals surface area contributed by atoms with Crippen molar-refractivity contribution in [2.75, 3.05) is 6.61 Å². The van der Waals surface area contributed by atoms with E-state index in [0.717, 1.165) is 16.9 Å². The molecule has 0 aliphatic heterocycles. The average molecular weight is 348 g/mol. The summed E-state index contributed by atoms with van der Waals surface area (Å²) in [5.41, 5.74) is 1.61. The van der Waals surface area contributed by atoms with Gasteiger partial charge >= 0.3 is 5.97 Å². The Morgan fingerprint density at radius 2 is 1.81 bits per heavy atom. The van der Waals surface area contributed by atoms with Gasteiger partial charge in [0.05, 0.1) is 0 Å². The van der Waals surface area contributed by atoms with E-state index in [4.69, 9.17) is 13.9 Å². The number of carbonyl (C=O) groups is 1. The number of aromatic nitrogens is 2. The van der Waals surface area contributed by atoms with E-state index in [2.05, 4.69) is 16.8 Å². The first-order chi connectivity index (χ1) is 12.7. The van der Waals surface area contributed by atoms with Gasteiger partial charge in [-0.25, -0.2) is 4.79 Å². The molecule has 0 fully saturated rings. The monoisotopic (exact) mass is 348 g/mol. The fourth-order valence-electron chi connectivity index (χ4n) is 2.11. The van der Waals surface area contributed by atoms with E-state index in [0.29, 0.717) is 18.2 Å². The lowest BCUT2D eigenvalue weighted by Crippen LogP contribution is -2.03. The summed E-state index contributed by atoms with van der Waals surface area (Å²) < 4.78 is 15.8. The summed E-state index contributed by atoms with van der Waals surface area (Å²) in [6.07, 6.45) is 5.97. The molecule has 0 bridgehead atoms. The van der Waals surface area contributed by atoms with E-state index < -0.39 is 5.97 Å². The van der Waals surface area contributed by atoms with Crippen LogP contribution in [0.1, 0.15) is 5.56 Å². The van der Waals surface area contributed by atoms with Gasteiger partial charge in [-0.1, -0.05) is 24.8 Å². The maximum absolute atomic E-state index is 11.9. The van der Waals surface area contributed by atoms with Crippen molar-refractivity contribution >= 4 is 12.0 Å². The zero-order valence-corrected chi connectivity index (χ0v) is 13.9. The Balaban J connectivity index is 1.56. The number of benzene rings is 2. The Kier molecular flexibility index (Phi) is 5.57. The van der Waals surface area contributed by atoms with Crippen molar-refractivity contribution < 1.29 is 18.7 Å². The molecule has 0 spiro atoms. The fraction of sp³-hybridized carbons (Fsp3) is 0.0500. The van der Waals surface area contributed by atoms with Crippen LogP contribution in [0.2, 0.25) is 0 Å². The second-order valence-corrected chi connectivity index (χ2v) is 5.19. The molecule has 0 radical (unpaired) electrons. The summed E-state index contributed by atoms with van der Waals surface area (Å²) in [4.78, 5) is 11.9. The molecule has 1 aromatic heterocycles. The van der Waals surface area contributed by atoms with Crippen molar-refractivity contribution in [2.24, 2.45) is 0 Å². The van der Waals surface area contributed by atoms with E-state index in [1.807, 2.05) is 24.3 Å². The lowest BCUT2D eigenvalue weighted by atomic mass is 10.2. The van der Waals surface area contributed by atoms with Gasteiger partial charge in [-0.15, -0.1) is 10.2 Å². The van der Waals surface area contributed by atoms with Gasteiger partial charge in [-0.05, 0) is 48.0 Å². The number of hydrogen-bond donors (Lipinski definition) is 0. The Labute approximate surface area is 150 Å². The Morgan fingerprint density at radius 3 is 2.46 bits per heavy atom. The van der Waals surface area contributed by atoms with E-state index >= 15 is 0 Å². The molecule has 3 aromatic rings. The quantitative estimate of drug-likeness (QED) is 0.279. The number of esters is 1. The normalized spacial score (nSPS) is 10.6. The Hall–Kier alpha value is -3.67. The standard InChI is InChI=1S/C20H16N2O4/c1-2-13-24-17-8-3-15(4-9-17)5-12-19(23)26-18-10-6-16(7-11-18)20-22-21-14-25-20/h2-12,14H,1,13H2. The maximum Gasteiger partial charge on any atom is 0.336 e. The van der Waals surface area contributed by atoms with Crippen LogP contribution in [0, 0.1) is 0 Å². The number of rotatable bonds is 7. The van der Waals surface area contributed by atoms with Gasteiger partial charge in [-0.2, -0.15) is 0 Å². The SMILES string of the molecule is C=CCOc1ccc(C=CC(=O)Oc2ccc(-c3nnco3)cc2)cc1. The zero-order chi connectivity index (χ0) is 18.2. The van der Waals surface area contributed by atoms with Crippen LogP contribution in [-0.4, -0.2) is 22.8 Å².